The number of rotatable bonds is 3. The van der Waals surface area contributed by atoms with Crippen LogP contribution in [0.1, 0.15) is 30.0 Å². The van der Waals surface area contributed by atoms with Crippen molar-refractivity contribution in [3.05, 3.63) is 58.9 Å². The number of nitrogens with zero attached hydrogens (tertiary/aromatic N) is 2. The van der Waals surface area contributed by atoms with Gasteiger partial charge in [0.1, 0.15) is 0 Å². The van der Waals surface area contributed by atoms with Crippen LogP contribution in [-0.2, 0) is 6.54 Å². The van der Waals surface area contributed by atoms with Crippen LogP contribution in [0.5, 0.6) is 0 Å². The summed E-state index contributed by atoms with van der Waals surface area (Å²) >= 11 is 6.28. The second-order valence-electron chi connectivity index (χ2n) is 5.26. The Morgan fingerprint density at radius 2 is 2.05 bits per heavy atom. The largest absolute Gasteiger partial charge is 0.399 e. The second kappa shape index (κ2) is 5.81. The number of anilines is 1. The molecule has 0 saturated carbocycles. The molecule has 2 heterocycles. The Morgan fingerprint density at radius 3 is 2.85 bits per heavy atom. The first-order chi connectivity index (χ1) is 9.74. The number of pyridine rings is 1. The molecule has 1 fully saturated rings. The molecule has 1 atom stereocenters. The first-order valence-electron chi connectivity index (χ1n) is 6.92. The number of hydrogen-bond acceptors (Lipinski definition) is 3. The van der Waals surface area contributed by atoms with E-state index in [1.54, 1.807) is 0 Å². The van der Waals surface area contributed by atoms with Crippen molar-refractivity contribution in [1.82, 2.24) is 9.88 Å². The van der Waals surface area contributed by atoms with E-state index in [1.165, 1.54) is 18.4 Å². The van der Waals surface area contributed by atoms with Crippen LogP contribution in [0.2, 0.25) is 5.02 Å². The monoisotopic (exact) mass is 287 g/mol. The molecular formula is C16H18ClN3. The number of nitrogen functional groups attached to an aromatic ring is 1. The van der Waals surface area contributed by atoms with Crippen molar-refractivity contribution < 1.29 is 0 Å². The zero-order valence-electron chi connectivity index (χ0n) is 11.3. The summed E-state index contributed by atoms with van der Waals surface area (Å²) in [6.07, 6.45) is 6.12. The molecule has 1 aromatic heterocycles. The Balaban J connectivity index is 1.81. The number of hydrogen-bond donors (Lipinski definition) is 1. The molecule has 20 heavy (non-hydrogen) atoms. The molecule has 2 N–H and O–H groups in total. The minimum absolute atomic E-state index is 0.454. The summed E-state index contributed by atoms with van der Waals surface area (Å²) in [6.45, 7) is 1.94. The van der Waals surface area contributed by atoms with E-state index in [-0.39, 0.29) is 0 Å². The van der Waals surface area contributed by atoms with E-state index in [4.69, 9.17) is 17.3 Å². The van der Waals surface area contributed by atoms with Gasteiger partial charge in [0.25, 0.3) is 0 Å². The van der Waals surface area contributed by atoms with Gasteiger partial charge >= 0.3 is 0 Å². The minimum Gasteiger partial charge on any atom is -0.399 e. The van der Waals surface area contributed by atoms with Crippen LogP contribution in [0.25, 0.3) is 0 Å². The fourth-order valence-corrected chi connectivity index (χ4v) is 3.09. The predicted molar refractivity (Wildman–Crippen MR) is 82.5 cm³/mol. The predicted octanol–water partition coefficient (Wildman–Crippen LogP) is 3.65. The average Bonchev–Trinajstić information content (AvgIpc) is 2.92. The van der Waals surface area contributed by atoms with E-state index in [9.17, 15) is 0 Å². The van der Waals surface area contributed by atoms with Gasteiger partial charge in [0.05, 0.1) is 0 Å². The third-order valence-electron chi connectivity index (χ3n) is 3.90. The van der Waals surface area contributed by atoms with Crippen molar-refractivity contribution in [2.24, 2.45) is 0 Å². The molecule has 0 amide bonds. The van der Waals surface area contributed by atoms with Crippen molar-refractivity contribution >= 4 is 17.3 Å². The maximum Gasteiger partial charge on any atom is 0.0452 e. The highest BCUT2D eigenvalue weighted by molar-refractivity contribution is 6.31. The highest BCUT2D eigenvalue weighted by Crippen LogP contribution is 2.34. The molecule has 104 valence electrons. The van der Waals surface area contributed by atoms with Crippen LogP contribution in [0.15, 0.2) is 42.7 Å². The highest BCUT2D eigenvalue weighted by atomic mass is 35.5. The first kappa shape index (κ1) is 13.4. The van der Waals surface area contributed by atoms with E-state index < -0.39 is 0 Å². The highest BCUT2D eigenvalue weighted by Gasteiger charge is 2.26. The van der Waals surface area contributed by atoms with Crippen LogP contribution >= 0.6 is 11.6 Å². The smallest absolute Gasteiger partial charge is 0.0452 e. The van der Waals surface area contributed by atoms with Crippen molar-refractivity contribution in [2.75, 3.05) is 12.3 Å². The lowest BCUT2D eigenvalue weighted by Crippen LogP contribution is -2.23. The second-order valence-corrected chi connectivity index (χ2v) is 5.67. The Morgan fingerprint density at radius 1 is 1.25 bits per heavy atom. The van der Waals surface area contributed by atoms with Gasteiger partial charge in [-0.25, -0.2) is 0 Å². The first-order valence-corrected chi connectivity index (χ1v) is 7.30. The molecule has 0 spiro atoms. The van der Waals surface area contributed by atoms with Crippen molar-refractivity contribution in [3.8, 4) is 0 Å². The van der Waals surface area contributed by atoms with Crippen LogP contribution < -0.4 is 5.73 Å². The van der Waals surface area contributed by atoms with Crippen LogP contribution in [0.3, 0.4) is 0 Å². The Kier molecular flexibility index (Phi) is 3.90. The SMILES string of the molecule is Nc1ccc(Cl)c(CN2CCCC2c2ccncc2)c1. The average molecular weight is 288 g/mol. The van der Waals surface area contributed by atoms with E-state index in [0.717, 1.165) is 29.4 Å². The third-order valence-corrected chi connectivity index (χ3v) is 4.27. The summed E-state index contributed by atoms with van der Waals surface area (Å²) in [5.74, 6) is 0. The van der Waals surface area contributed by atoms with Crippen molar-refractivity contribution in [2.45, 2.75) is 25.4 Å². The van der Waals surface area contributed by atoms with Gasteiger partial charge in [-0.1, -0.05) is 11.6 Å². The molecule has 3 rings (SSSR count). The number of halogens is 1. The molecule has 0 bridgehead atoms. The number of benzene rings is 1. The molecular weight excluding hydrogens is 270 g/mol. The molecule has 0 radical (unpaired) electrons. The fraction of sp³-hybridized carbons (Fsp3) is 0.312. The molecule has 1 aliphatic rings. The third kappa shape index (κ3) is 2.79. The molecule has 1 aromatic carbocycles. The molecule has 2 aromatic rings. The zero-order chi connectivity index (χ0) is 13.9. The van der Waals surface area contributed by atoms with Crippen LogP contribution in [0.4, 0.5) is 5.69 Å². The number of likely N-dealkylation sites (tertiary alicyclic amines) is 1. The summed E-state index contributed by atoms with van der Waals surface area (Å²) in [7, 11) is 0. The minimum atomic E-state index is 0.454. The topological polar surface area (TPSA) is 42.1 Å². The molecule has 4 heteroatoms. The van der Waals surface area contributed by atoms with Gasteiger partial charge in [-0.15, -0.1) is 0 Å². The van der Waals surface area contributed by atoms with Crippen LogP contribution in [0, 0.1) is 0 Å². The maximum atomic E-state index is 6.28. The van der Waals surface area contributed by atoms with Gasteiger partial charge in [-0.2, -0.15) is 0 Å². The summed E-state index contributed by atoms with van der Waals surface area (Å²) in [5.41, 5.74) is 9.07. The number of nitrogens with two attached hydrogens (primary N) is 1. The summed E-state index contributed by atoms with van der Waals surface area (Å²) in [6, 6.07) is 10.4. The van der Waals surface area contributed by atoms with Gasteiger partial charge in [0, 0.05) is 35.7 Å². The van der Waals surface area contributed by atoms with E-state index in [2.05, 4.69) is 22.0 Å². The molecule has 1 unspecified atom stereocenters. The Bertz CT molecular complexity index is 586. The number of aromatic nitrogens is 1. The van der Waals surface area contributed by atoms with Gasteiger partial charge in [0.2, 0.25) is 0 Å². The normalized spacial score (nSPS) is 19.4. The van der Waals surface area contributed by atoms with Crippen molar-refractivity contribution in [3.63, 3.8) is 0 Å². The lowest BCUT2D eigenvalue weighted by atomic mass is 10.1. The lowest BCUT2D eigenvalue weighted by Gasteiger charge is -2.25. The van der Waals surface area contributed by atoms with Gasteiger partial charge in [0.15, 0.2) is 0 Å². The van der Waals surface area contributed by atoms with E-state index in [1.807, 2.05) is 30.6 Å². The molecule has 1 saturated heterocycles. The standard InChI is InChI=1S/C16H18ClN3/c17-15-4-3-14(18)10-13(15)11-20-9-1-2-16(20)12-5-7-19-8-6-12/h3-8,10,16H,1-2,9,11,18H2. The lowest BCUT2D eigenvalue weighted by molar-refractivity contribution is 0.248. The summed E-state index contributed by atoms with van der Waals surface area (Å²) in [4.78, 5) is 6.56. The van der Waals surface area contributed by atoms with Gasteiger partial charge < -0.3 is 5.73 Å². The fourth-order valence-electron chi connectivity index (χ4n) is 2.91. The van der Waals surface area contributed by atoms with E-state index >= 15 is 0 Å². The maximum absolute atomic E-state index is 6.28. The quantitative estimate of drug-likeness (QED) is 0.876. The zero-order valence-corrected chi connectivity index (χ0v) is 12.1. The molecule has 3 nitrogen and oxygen atoms in total. The van der Waals surface area contributed by atoms with Gasteiger partial charge in [-0.3, -0.25) is 9.88 Å². The Hall–Kier alpha value is -1.58. The molecule has 1 aliphatic heterocycles. The van der Waals surface area contributed by atoms with Gasteiger partial charge in [-0.05, 0) is 60.8 Å². The Labute approximate surface area is 124 Å². The van der Waals surface area contributed by atoms with Crippen molar-refractivity contribution in [1.29, 1.82) is 0 Å². The van der Waals surface area contributed by atoms with E-state index in [0.29, 0.717) is 6.04 Å². The summed E-state index contributed by atoms with van der Waals surface area (Å²) in [5, 5.41) is 0.791. The molecule has 0 aliphatic carbocycles. The van der Waals surface area contributed by atoms with Crippen LogP contribution in [-0.4, -0.2) is 16.4 Å². The summed E-state index contributed by atoms with van der Waals surface area (Å²) < 4.78 is 0.